The molecule has 0 aromatic rings. The van der Waals surface area contributed by atoms with E-state index in [2.05, 4.69) is 5.43 Å². The number of hydrogen-bond acceptors (Lipinski definition) is 2. The van der Waals surface area contributed by atoms with Crippen LogP contribution in [0.1, 0.15) is 20.8 Å². The number of nitrogens with zero attached hydrogens (tertiary/aromatic N) is 1. The van der Waals surface area contributed by atoms with Crippen LogP contribution >= 0.6 is 0 Å². The average molecular weight is 144 g/mol. The predicted molar refractivity (Wildman–Crippen MR) is 41.3 cm³/mol. The third-order valence-electron chi connectivity index (χ3n) is 1.28. The van der Waals surface area contributed by atoms with Crippen molar-refractivity contribution in [2.75, 3.05) is 14.1 Å². The van der Waals surface area contributed by atoms with Crippen molar-refractivity contribution in [2.24, 2.45) is 5.41 Å². The topological polar surface area (TPSA) is 32.3 Å². The molecule has 0 unspecified atom stereocenters. The third kappa shape index (κ3) is 2.35. The van der Waals surface area contributed by atoms with Gasteiger partial charge in [0.25, 0.3) is 0 Å². The van der Waals surface area contributed by atoms with E-state index in [-0.39, 0.29) is 11.3 Å². The molecule has 3 nitrogen and oxygen atoms in total. The van der Waals surface area contributed by atoms with Gasteiger partial charge in [-0.05, 0) is 0 Å². The van der Waals surface area contributed by atoms with Gasteiger partial charge in [-0.2, -0.15) is 0 Å². The maximum absolute atomic E-state index is 11.3. The van der Waals surface area contributed by atoms with Crippen molar-refractivity contribution >= 4 is 5.91 Å². The summed E-state index contributed by atoms with van der Waals surface area (Å²) in [7, 11) is 3.44. The highest BCUT2D eigenvalue weighted by Gasteiger charge is 2.23. The molecule has 0 radical (unpaired) electrons. The average Bonchev–Trinajstić information content (AvgIpc) is 1.83. The van der Waals surface area contributed by atoms with E-state index in [1.54, 1.807) is 14.1 Å². The van der Waals surface area contributed by atoms with Gasteiger partial charge >= 0.3 is 0 Å². The summed E-state index contributed by atoms with van der Waals surface area (Å²) < 4.78 is 0. The minimum absolute atomic E-state index is 0.0926. The van der Waals surface area contributed by atoms with Crippen molar-refractivity contribution < 1.29 is 4.79 Å². The lowest BCUT2D eigenvalue weighted by Crippen LogP contribution is -2.43. The van der Waals surface area contributed by atoms with E-state index in [0.29, 0.717) is 0 Å². The molecule has 0 aliphatic carbocycles. The van der Waals surface area contributed by atoms with Gasteiger partial charge in [-0.3, -0.25) is 9.80 Å². The zero-order valence-corrected chi connectivity index (χ0v) is 7.36. The first-order valence-corrected chi connectivity index (χ1v) is 3.35. The second-order valence-electron chi connectivity index (χ2n) is 3.34. The Labute approximate surface area is 62.4 Å². The van der Waals surface area contributed by atoms with Crippen LogP contribution in [-0.2, 0) is 4.79 Å². The second-order valence-corrected chi connectivity index (χ2v) is 3.34. The molecule has 0 heterocycles. The Hall–Kier alpha value is -0.570. The van der Waals surface area contributed by atoms with E-state index in [1.165, 1.54) is 5.01 Å². The zero-order chi connectivity index (χ0) is 8.36. The zero-order valence-electron chi connectivity index (χ0n) is 7.36. The van der Waals surface area contributed by atoms with Crippen molar-refractivity contribution in [2.45, 2.75) is 20.8 Å². The molecule has 0 atom stereocenters. The van der Waals surface area contributed by atoms with Gasteiger partial charge in [0.15, 0.2) is 0 Å². The van der Waals surface area contributed by atoms with Crippen LogP contribution in [0.5, 0.6) is 0 Å². The third-order valence-corrected chi connectivity index (χ3v) is 1.28. The van der Waals surface area contributed by atoms with Gasteiger partial charge in [-0.25, -0.2) is 5.43 Å². The monoisotopic (exact) mass is 144 g/mol. The number of amides is 1. The van der Waals surface area contributed by atoms with Crippen LogP contribution < -0.4 is 5.43 Å². The summed E-state index contributed by atoms with van der Waals surface area (Å²) in [6.45, 7) is 5.68. The van der Waals surface area contributed by atoms with Gasteiger partial charge in [-0.15, -0.1) is 0 Å². The van der Waals surface area contributed by atoms with Crippen LogP contribution in [-0.4, -0.2) is 25.0 Å². The number of carbonyl (C=O) groups is 1. The highest BCUT2D eigenvalue weighted by atomic mass is 16.2. The molecule has 0 rings (SSSR count). The Morgan fingerprint density at radius 3 is 1.90 bits per heavy atom. The molecule has 1 amide bonds. The van der Waals surface area contributed by atoms with Crippen molar-refractivity contribution in [1.29, 1.82) is 0 Å². The van der Waals surface area contributed by atoms with Crippen LogP contribution in [0.3, 0.4) is 0 Å². The molecular formula is C7H16N2O. The first kappa shape index (κ1) is 9.43. The van der Waals surface area contributed by atoms with E-state index in [9.17, 15) is 4.79 Å². The van der Waals surface area contributed by atoms with Gasteiger partial charge in [0.05, 0.1) is 0 Å². The van der Waals surface area contributed by atoms with Crippen LogP contribution in [0.2, 0.25) is 0 Å². The normalized spacial score (nSPS) is 11.3. The van der Waals surface area contributed by atoms with Gasteiger partial charge < -0.3 is 0 Å². The molecule has 60 valence electrons. The van der Waals surface area contributed by atoms with Gasteiger partial charge in [0, 0.05) is 19.5 Å². The Bertz CT molecular complexity index is 126. The Balaban J connectivity index is 4.09. The molecule has 0 saturated heterocycles. The lowest BCUT2D eigenvalue weighted by molar-refractivity contribution is -0.140. The summed E-state index contributed by atoms with van der Waals surface area (Å²) >= 11 is 0. The maximum atomic E-state index is 11.3. The number of hydrazine groups is 1. The van der Waals surface area contributed by atoms with E-state index in [0.717, 1.165) is 0 Å². The summed E-state index contributed by atoms with van der Waals surface area (Å²) in [4.78, 5) is 11.3. The molecule has 3 heteroatoms. The lowest BCUT2D eigenvalue weighted by Gasteiger charge is -2.24. The summed E-state index contributed by atoms with van der Waals surface area (Å²) in [6.07, 6.45) is 0. The first-order chi connectivity index (χ1) is 4.39. The Morgan fingerprint density at radius 2 is 1.80 bits per heavy atom. The maximum Gasteiger partial charge on any atom is 0.241 e. The Morgan fingerprint density at radius 1 is 1.40 bits per heavy atom. The number of nitrogens with one attached hydrogen (secondary N) is 1. The van der Waals surface area contributed by atoms with Crippen molar-refractivity contribution in [3.05, 3.63) is 0 Å². The summed E-state index contributed by atoms with van der Waals surface area (Å²) in [5.74, 6) is 0.0926. The van der Waals surface area contributed by atoms with E-state index in [4.69, 9.17) is 0 Å². The molecule has 0 saturated carbocycles. The van der Waals surface area contributed by atoms with Gasteiger partial charge in [0.1, 0.15) is 0 Å². The van der Waals surface area contributed by atoms with Crippen LogP contribution in [0.4, 0.5) is 0 Å². The molecule has 1 N–H and O–H groups in total. The highest BCUT2D eigenvalue weighted by Crippen LogP contribution is 2.14. The summed E-state index contributed by atoms with van der Waals surface area (Å²) in [5.41, 5.74) is 2.46. The highest BCUT2D eigenvalue weighted by molar-refractivity contribution is 5.80. The number of rotatable bonds is 1. The SMILES string of the molecule is CNN(C)C(=O)C(C)(C)C. The van der Waals surface area contributed by atoms with Crippen molar-refractivity contribution in [3.63, 3.8) is 0 Å². The van der Waals surface area contributed by atoms with Crippen LogP contribution in [0.15, 0.2) is 0 Å². The molecule has 0 aromatic carbocycles. The minimum Gasteiger partial charge on any atom is -0.281 e. The molecule has 10 heavy (non-hydrogen) atoms. The summed E-state index contributed by atoms with van der Waals surface area (Å²) in [5, 5.41) is 1.49. The quantitative estimate of drug-likeness (QED) is 0.547. The predicted octanol–water partition coefficient (Wildman–Crippen LogP) is 0.625. The van der Waals surface area contributed by atoms with Gasteiger partial charge in [-0.1, -0.05) is 20.8 Å². The van der Waals surface area contributed by atoms with E-state index in [1.807, 2.05) is 20.8 Å². The largest absolute Gasteiger partial charge is 0.281 e. The van der Waals surface area contributed by atoms with Crippen LogP contribution in [0.25, 0.3) is 0 Å². The van der Waals surface area contributed by atoms with Crippen molar-refractivity contribution in [1.82, 2.24) is 10.4 Å². The molecule has 0 aliphatic heterocycles. The fourth-order valence-electron chi connectivity index (χ4n) is 0.605. The molecule has 0 aromatic heterocycles. The molecule has 0 fully saturated rings. The fraction of sp³-hybridized carbons (Fsp3) is 0.857. The summed E-state index contributed by atoms with van der Waals surface area (Å²) in [6, 6.07) is 0. The van der Waals surface area contributed by atoms with Crippen LogP contribution in [0, 0.1) is 5.41 Å². The molecule has 0 bridgehead atoms. The second kappa shape index (κ2) is 3.01. The Kier molecular flexibility index (Phi) is 2.84. The van der Waals surface area contributed by atoms with E-state index >= 15 is 0 Å². The van der Waals surface area contributed by atoms with Crippen molar-refractivity contribution in [3.8, 4) is 0 Å². The van der Waals surface area contributed by atoms with Gasteiger partial charge in [0.2, 0.25) is 5.91 Å². The minimum atomic E-state index is -0.294. The lowest BCUT2D eigenvalue weighted by atomic mass is 9.96. The van der Waals surface area contributed by atoms with E-state index < -0.39 is 0 Å². The molecule has 0 spiro atoms. The smallest absolute Gasteiger partial charge is 0.241 e. The number of carbonyl (C=O) groups excluding carboxylic acids is 1. The number of hydrogen-bond donors (Lipinski definition) is 1. The first-order valence-electron chi connectivity index (χ1n) is 3.35. The fourth-order valence-corrected chi connectivity index (χ4v) is 0.605. The molecule has 0 aliphatic rings. The standard InChI is InChI=1S/C7H16N2O/c1-7(2,3)6(10)9(5)8-4/h8H,1-5H3. The molecular weight excluding hydrogens is 128 g/mol.